The molecule has 1 aliphatic heterocycles. The molecule has 0 saturated carbocycles. The average Bonchev–Trinajstić information content (AvgIpc) is 2.49. The van der Waals surface area contributed by atoms with E-state index in [4.69, 9.17) is 22.1 Å². The number of nitrogens with two attached hydrogens (primary N) is 1. The third-order valence-electron chi connectivity index (χ3n) is 4.69. The SMILES string of the molecule is COc1ccc(Cl)cc1NC(=O)C(C)N1CCC(N)C(C)(C)C1.Cl. The van der Waals surface area contributed by atoms with Crippen molar-refractivity contribution >= 4 is 35.6 Å². The third-order valence-corrected chi connectivity index (χ3v) is 4.92. The van der Waals surface area contributed by atoms with Crippen LogP contribution < -0.4 is 15.8 Å². The summed E-state index contributed by atoms with van der Waals surface area (Å²) in [5.41, 5.74) is 6.76. The van der Waals surface area contributed by atoms with Crippen molar-refractivity contribution in [3.8, 4) is 5.75 Å². The maximum Gasteiger partial charge on any atom is 0.241 e. The van der Waals surface area contributed by atoms with Crippen LogP contribution in [0.15, 0.2) is 18.2 Å². The molecule has 1 fully saturated rings. The second-order valence-electron chi connectivity index (χ2n) is 6.86. The van der Waals surface area contributed by atoms with Crippen LogP contribution in [0.1, 0.15) is 27.2 Å². The summed E-state index contributed by atoms with van der Waals surface area (Å²) >= 11 is 6.01. The first-order valence-corrected chi connectivity index (χ1v) is 8.26. The molecule has 1 amide bonds. The Morgan fingerprint density at radius 1 is 1.50 bits per heavy atom. The van der Waals surface area contributed by atoms with E-state index in [1.54, 1.807) is 25.3 Å². The fraction of sp³-hybridized carbons (Fsp3) is 0.588. The first-order chi connectivity index (χ1) is 10.7. The Kier molecular flexibility index (Phi) is 7.35. The number of hydrogen-bond donors (Lipinski definition) is 2. The van der Waals surface area contributed by atoms with Gasteiger partial charge in [0.25, 0.3) is 0 Å². The summed E-state index contributed by atoms with van der Waals surface area (Å²) in [5.74, 6) is 0.521. The highest BCUT2D eigenvalue weighted by molar-refractivity contribution is 6.31. The zero-order chi connectivity index (χ0) is 17.2. The second kappa shape index (κ2) is 8.39. The zero-order valence-electron chi connectivity index (χ0n) is 14.6. The quantitative estimate of drug-likeness (QED) is 0.847. The molecule has 2 unspecified atom stereocenters. The van der Waals surface area contributed by atoms with Crippen LogP contribution in [0.25, 0.3) is 0 Å². The van der Waals surface area contributed by atoms with Gasteiger partial charge in [-0.25, -0.2) is 0 Å². The van der Waals surface area contributed by atoms with Crippen LogP contribution in [0.5, 0.6) is 5.75 Å². The summed E-state index contributed by atoms with van der Waals surface area (Å²) in [7, 11) is 1.57. The highest BCUT2D eigenvalue weighted by atomic mass is 35.5. The summed E-state index contributed by atoms with van der Waals surface area (Å²) in [6, 6.07) is 5.09. The van der Waals surface area contributed by atoms with Gasteiger partial charge in [-0.15, -0.1) is 12.4 Å². The minimum absolute atomic E-state index is 0. The van der Waals surface area contributed by atoms with Crippen LogP contribution in [-0.4, -0.2) is 43.1 Å². The molecule has 1 aliphatic rings. The van der Waals surface area contributed by atoms with Crippen molar-refractivity contribution in [2.24, 2.45) is 11.1 Å². The Hall–Kier alpha value is -1.01. The number of carbonyl (C=O) groups excluding carboxylic acids is 1. The normalized spacial score (nSPS) is 21.5. The van der Waals surface area contributed by atoms with Crippen molar-refractivity contribution in [2.45, 2.75) is 39.3 Å². The van der Waals surface area contributed by atoms with Gasteiger partial charge in [0.15, 0.2) is 0 Å². The maximum atomic E-state index is 12.6. The van der Waals surface area contributed by atoms with Crippen LogP contribution in [0.4, 0.5) is 5.69 Å². The molecular formula is C17H27Cl2N3O2. The van der Waals surface area contributed by atoms with E-state index in [0.717, 1.165) is 19.5 Å². The lowest BCUT2D eigenvalue weighted by Crippen LogP contribution is -2.56. The van der Waals surface area contributed by atoms with E-state index in [1.165, 1.54) is 0 Å². The monoisotopic (exact) mass is 375 g/mol. The van der Waals surface area contributed by atoms with Crippen molar-refractivity contribution < 1.29 is 9.53 Å². The summed E-state index contributed by atoms with van der Waals surface area (Å²) in [6.07, 6.45) is 0.894. The largest absolute Gasteiger partial charge is 0.495 e. The van der Waals surface area contributed by atoms with Crippen LogP contribution in [0.3, 0.4) is 0 Å². The van der Waals surface area contributed by atoms with Gasteiger partial charge in [0, 0.05) is 24.2 Å². The van der Waals surface area contributed by atoms with Gasteiger partial charge in [0.05, 0.1) is 18.8 Å². The minimum Gasteiger partial charge on any atom is -0.495 e. The van der Waals surface area contributed by atoms with Crippen molar-refractivity contribution in [2.75, 3.05) is 25.5 Å². The fourth-order valence-corrected chi connectivity index (χ4v) is 3.10. The molecule has 136 valence electrons. The Morgan fingerprint density at radius 2 is 2.17 bits per heavy atom. The minimum atomic E-state index is -0.245. The number of piperidine rings is 1. The molecule has 0 bridgehead atoms. The van der Waals surface area contributed by atoms with E-state index in [9.17, 15) is 4.79 Å². The van der Waals surface area contributed by atoms with Crippen molar-refractivity contribution in [1.82, 2.24) is 4.90 Å². The van der Waals surface area contributed by atoms with Crippen molar-refractivity contribution in [1.29, 1.82) is 0 Å². The van der Waals surface area contributed by atoms with Gasteiger partial charge in [0.2, 0.25) is 5.91 Å². The van der Waals surface area contributed by atoms with E-state index in [0.29, 0.717) is 16.5 Å². The molecule has 1 aromatic rings. The Bertz CT molecular complexity index is 581. The summed E-state index contributed by atoms with van der Waals surface area (Å²) in [5, 5.41) is 3.47. The summed E-state index contributed by atoms with van der Waals surface area (Å²) < 4.78 is 5.27. The average molecular weight is 376 g/mol. The molecule has 24 heavy (non-hydrogen) atoms. The standard InChI is InChI=1S/C17H26ClN3O2.ClH/c1-11(21-8-7-15(19)17(2,3)10-21)16(22)20-13-9-12(18)5-6-14(13)23-4;/h5-6,9,11,15H,7-8,10,19H2,1-4H3,(H,20,22);1H. The van der Waals surface area contributed by atoms with Gasteiger partial charge in [-0.1, -0.05) is 25.4 Å². The van der Waals surface area contributed by atoms with Gasteiger partial charge in [-0.3, -0.25) is 9.69 Å². The van der Waals surface area contributed by atoms with Crippen LogP contribution >= 0.6 is 24.0 Å². The van der Waals surface area contributed by atoms with Crippen LogP contribution in [0, 0.1) is 5.41 Å². The zero-order valence-corrected chi connectivity index (χ0v) is 16.2. The first kappa shape index (κ1) is 21.0. The lowest BCUT2D eigenvalue weighted by molar-refractivity contribution is -0.122. The Labute approximate surface area is 155 Å². The number of nitrogens with one attached hydrogen (secondary N) is 1. The van der Waals surface area contributed by atoms with Gasteiger partial charge in [-0.05, 0) is 37.0 Å². The number of methoxy groups -OCH3 is 1. The lowest BCUT2D eigenvalue weighted by Gasteiger charge is -2.44. The van der Waals surface area contributed by atoms with E-state index in [-0.39, 0.29) is 35.8 Å². The summed E-state index contributed by atoms with van der Waals surface area (Å²) in [6.45, 7) is 7.84. The lowest BCUT2D eigenvalue weighted by atomic mass is 9.79. The Morgan fingerprint density at radius 3 is 2.75 bits per heavy atom. The number of ether oxygens (including phenoxy) is 1. The van der Waals surface area contributed by atoms with Gasteiger partial charge < -0.3 is 15.8 Å². The number of benzene rings is 1. The number of nitrogens with zero attached hydrogens (tertiary/aromatic N) is 1. The second-order valence-corrected chi connectivity index (χ2v) is 7.30. The molecule has 1 heterocycles. The molecular weight excluding hydrogens is 349 g/mol. The fourth-order valence-electron chi connectivity index (χ4n) is 2.93. The molecule has 2 atom stereocenters. The first-order valence-electron chi connectivity index (χ1n) is 7.88. The van der Waals surface area contributed by atoms with Crippen molar-refractivity contribution in [3.05, 3.63) is 23.2 Å². The third kappa shape index (κ3) is 4.76. The Balaban J connectivity index is 0.00000288. The molecule has 7 heteroatoms. The number of amides is 1. The predicted molar refractivity (Wildman–Crippen MR) is 101 cm³/mol. The number of anilines is 1. The number of rotatable bonds is 4. The van der Waals surface area contributed by atoms with E-state index >= 15 is 0 Å². The highest BCUT2D eigenvalue weighted by Crippen LogP contribution is 2.30. The van der Waals surface area contributed by atoms with Crippen LogP contribution in [-0.2, 0) is 4.79 Å². The van der Waals surface area contributed by atoms with E-state index in [1.807, 2.05) is 6.92 Å². The van der Waals surface area contributed by atoms with E-state index in [2.05, 4.69) is 24.1 Å². The summed E-state index contributed by atoms with van der Waals surface area (Å²) in [4.78, 5) is 14.8. The molecule has 1 saturated heterocycles. The molecule has 1 aromatic carbocycles. The number of likely N-dealkylation sites (tertiary alicyclic amines) is 1. The van der Waals surface area contributed by atoms with Gasteiger partial charge in [0.1, 0.15) is 5.75 Å². The molecule has 0 radical (unpaired) electrons. The topological polar surface area (TPSA) is 67.6 Å². The van der Waals surface area contributed by atoms with Gasteiger partial charge >= 0.3 is 0 Å². The number of halogens is 2. The van der Waals surface area contributed by atoms with Crippen molar-refractivity contribution in [3.63, 3.8) is 0 Å². The number of carbonyl (C=O) groups is 1. The van der Waals surface area contributed by atoms with E-state index < -0.39 is 0 Å². The molecule has 0 aromatic heterocycles. The van der Waals surface area contributed by atoms with Gasteiger partial charge in [-0.2, -0.15) is 0 Å². The molecule has 0 spiro atoms. The number of hydrogen-bond acceptors (Lipinski definition) is 4. The van der Waals surface area contributed by atoms with Crippen LogP contribution in [0.2, 0.25) is 5.02 Å². The highest BCUT2D eigenvalue weighted by Gasteiger charge is 2.36. The molecule has 3 N–H and O–H groups in total. The maximum absolute atomic E-state index is 12.6. The molecule has 2 rings (SSSR count). The smallest absolute Gasteiger partial charge is 0.241 e. The molecule has 0 aliphatic carbocycles. The molecule has 5 nitrogen and oxygen atoms in total. The predicted octanol–water partition coefficient (Wildman–Crippen LogP) is 3.16.